The van der Waals surface area contributed by atoms with Crippen LogP contribution in [-0.4, -0.2) is 62.5 Å². The highest BCUT2D eigenvalue weighted by Crippen LogP contribution is 2.49. The lowest BCUT2D eigenvalue weighted by atomic mass is 9.98. The number of esters is 1. The highest BCUT2D eigenvalue weighted by atomic mass is 79.9. The van der Waals surface area contributed by atoms with Crippen molar-refractivity contribution in [2.24, 2.45) is 0 Å². The van der Waals surface area contributed by atoms with Gasteiger partial charge in [0.25, 0.3) is 0 Å². The van der Waals surface area contributed by atoms with Gasteiger partial charge in [0.05, 0.1) is 0 Å². The van der Waals surface area contributed by atoms with Gasteiger partial charge in [-0.2, -0.15) is 0 Å². The number of hydrogen-bond donors (Lipinski definition) is 0. The van der Waals surface area contributed by atoms with Crippen molar-refractivity contribution in [3.05, 3.63) is 0 Å². The third kappa shape index (κ3) is 2.63. The predicted octanol–water partition coefficient (Wildman–Crippen LogP) is 1.63. The monoisotopic (exact) mass is 475 g/mol. The molecule has 12 heteroatoms. The van der Waals surface area contributed by atoms with E-state index < -0.39 is 53.1 Å². The standard InChI is InChI=1S/C10H10BrCl4NO5S/c1-9(2-12)5(8(18)21-3-10(13,14)15)16-6(17)4(11)7(16)22(9,19)20/h4-5,7H,2-3H2,1H3/t4-,5?,7+,9-/m0/s1. The molecule has 126 valence electrons. The Morgan fingerprint density at radius 2 is 2.00 bits per heavy atom. The number of sulfone groups is 1. The number of β-lactam (4-membered cyclic amide) rings is 1. The van der Waals surface area contributed by atoms with Gasteiger partial charge >= 0.3 is 5.97 Å². The summed E-state index contributed by atoms with van der Waals surface area (Å²) in [7, 11) is -3.88. The minimum absolute atomic E-state index is 0.386. The Kier molecular flexibility index (Phi) is 4.98. The highest BCUT2D eigenvalue weighted by molar-refractivity contribution is 9.10. The number of halogens is 5. The zero-order valence-corrected chi connectivity index (χ0v) is 16.4. The van der Waals surface area contributed by atoms with E-state index in [2.05, 4.69) is 15.9 Å². The van der Waals surface area contributed by atoms with Gasteiger partial charge in [-0.3, -0.25) is 4.79 Å². The Bertz CT molecular complexity index is 623. The van der Waals surface area contributed by atoms with E-state index in [4.69, 9.17) is 51.1 Å². The zero-order valence-electron chi connectivity index (χ0n) is 10.9. The summed E-state index contributed by atoms with van der Waals surface area (Å²) in [5.41, 5.74) is 0. The SMILES string of the molecule is C[C@]1(CCl)C(C(=O)OCC(Cl)(Cl)Cl)N2C(=O)[C@H](Br)[C@H]2S1(=O)=O. The summed E-state index contributed by atoms with van der Waals surface area (Å²) in [4.78, 5) is 24.2. The minimum atomic E-state index is -3.88. The zero-order chi connectivity index (χ0) is 17.1. The van der Waals surface area contributed by atoms with E-state index in [1.807, 2.05) is 0 Å². The number of carbonyl (C=O) groups is 2. The van der Waals surface area contributed by atoms with Gasteiger partial charge in [0.2, 0.25) is 9.70 Å². The molecule has 1 amide bonds. The molecule has 2 fully saturated rings. The average molecular weight is 478 g/mol. The fourth-order valence-electron chi connectivity index (χ4n) is 2.50. The molecular formula is C10H10BrCl4NO5S. The second-order valence-corrected chi connectivity index (χ2v) is 11.4. The molecule has 0 aromatic heterocycles. The van der Waals surface area contributed by atoms with Crippen molar-refractivity contribution in [1.29, 1.82) is 0 Å². The maximum absolute atomic E-state index is 12.6. The van der Waals surface area contributed by atoms with E-state index >= 15 is 0 Å². The van der Waals surface area contributed by atoms with Crippen LogP contribution < -0.4 is 0 Å². The van der Waals surface area contributed by atoms with Crippen molar-refractivity contribution in [3.8, 4) is 0 Å². The van der Waals surface area contributed by atoms with E-state index in [9.17, 15) is 18.0 Å². The van der Waals surface area contributed by atoms with Crippen LogP contribution in [0.3, 0.4) is 0 Å². The molecule has 0 aromatic carbocycles. The molecule has 22 heavy (non-hydrogen) atoms. The number of ether oxygens (including phenoxy) is 1. The summed E-state index contributed by atoms with van der Waals surface area (Å²) < 4.78 is 26.5. The second kappa shape index (κ2) is 5.81. The molecule has 0 radical (unpaired) electrons. The van der Waals surface area contributed by atoms with E-state index in [1.165, 1.54) is 6.92 Å². The van der Waals surface area contributed by atoms with Crippen molar-refractivity contribution in [2.45, 2.75) is 31.7 Å². The number of hydrogen-bond acceptors (Lipinski definition) is 5. The first-order valence-electron chi connectivity index (χ1n) is 5.87. The van der Waals surface area contributed by atoms with Crippen molar-refractivity contribution in [1.82, 2.24) is 4.90 Å². The van der Waals surface area contributed by atoms with E-state index in [0.717, 1.165) is 4.90 Å². The summed E-state index contributed by atoms with van der Waals surface area (Å²) in [6.45, 7) is 0.720. The summed E-state index contributed by atoms with van der Waals surface area (Å²) in [5, 5.41) is -1.16. The Morgan fingerprint density at radius 3 is 2.45 bits per heavy atom. The lowest BCUT2D eigenvalue weighted by molar-refractivity contribution is -0.160. The first kappa shape index (κ1) is 18.9. The number of amides is 1. The average Bonchev–Trinajstić information content (AvgIpc) is 2.58. The smallest absolute Gasteiger partial charge is 0.330 e. The predicted molar refractivity (Wildman–Crippen MR) is 86.4 cm³/mol. The summed E-state index contributed by atoms with van der Waals surface area (Å²) >= 11 is 25.3. The lowest BCUT2D eigenvalue weighted by Crippen LogP contribution is -2.64. The molecule has 0 aliphatic carbocycles. The van der Waals surface area contributed by atoms with E-state index in [-0.39, 0.29) is 5.88 Å². The van der Waals surface area contributed by atoms with Crippen LogP contribution in [0.25, 0.3) is 0 Å². The fraction of sp³-hybridized carbons (Fsp3) is 0.800. The van der Waals surface area contributed by atoms with Crippen LogP contribution in [0, 0.1) is 0 Å². The van der Waals surface area contributed by atoms with Gasteiger partial charge in [-0.15, -0.1) is 11.6 Å². The third-order valence-corrected chi connectivity index (χ3v) is 8.79. The number of rotatable bonds is 3. The molecule has 2 aliphatic rings. The van der Waals surface area contributed by atoms with Crippen LogP contribution in [0.2, 0.25) is 0 Å². The lowest BCUT2D eigenvalue weighted by Gasteiger charge is -2.40. The number of carbonyl (C=O) groups excluding carboxylic acids is 2. The Hall–Kier alpha value is 0.530. The largest absolute Gasteiger partial charge is 0.460 e. The molecule has 0 spiro atoms. The van der Waals surface area contributed by atoms with Crippen LogP contribution in [0.5, 0.6) is 0 Å². The summed E-state index contributed by atoms with van der Waals surface area (Å²) in [6.07, 6.45) is 0. The molecule has 1 unspecified atom stereocenters. The van der Waals surface area contributed by atoms with Crippen LogP contribution in [0.1, 0.15) is 6.92 Å². The van der Waals surface area contributed by atoms with Crippen LogP contribution >= 0.6 is 62.3 Å². The van der Waals surface area contributed by atoms with Gasteiger partial charge in [0, 0.05) is 5.88 Å². The van der Waals surface area contributed by atoms with Gasteiger partial charge in [-0.25, -0.2) is 13.2 Å². The number of fused-ring (bicyclic) bond motifs is 1. The minimum Gasteiger partial charge on any atom is -0.460 e. The first-order valence-corrected chi connectivity index (χ1v) is 10.0. The van der Waals surface area contributed by atoms with Crippen LogP contribution in [0.15, 0.2) is 0 Å². The molecule has 2 saturated heterocycles. The van der Waals surface area contributed by atoms with E-state index in [1.54, 1.807) is 0 Å². The van der Waals surface area contributed by atoms with Crippen molar-refractivity contribution < 1.29 is 22.7 Å². The molecule has 0 saturated carbocycles. The summed E-state index contributed by atoms with van der Waals surface area (Å²) in [6, 6.07) is -1.38. The van der Waals surface area contributed by atoms with Crippen molar-refractivity contribution in [3.63, 3.8) is 0 Å². The Balaban J connectivity index is 2.36. The molecule has 4 atom stereocenters. The normalized spacial score (nSPS) is 36.7. The molecule has 0 N–H and O–H groups in total. The van der Waals surface area contributed by atoms with Crippen LogP contribution in [0.4, 0.5) is 0 Å². The Morgan fingerprint density at radius 1 is 1.45 bits per heavy atom. The number of alkyl halides is 5. The van der Waals surface area contributed by atoms with Gasteiger partial charge in [0.15, 0.2) is 21.3 Å². The molecule has 0 aromatic rings. The maximum atomic E-state index is 12.6. The van der Waals surface area contributed by atoms with Gasteiger partial charge in [-0.05, 0) is 6.92 Å². The topological polar surface area (TPSA) is 80.8 Å². The van der Waals surface area contributed by atoms with Gasteiger partial charge in [-0.1, -0.05) is 50.7 Å². The maximum Gasteiger partial charge on any atom is 0.330 e. The molecule has 2 rings (SSSR count). The molecule has 6 nitrogen and oxygen atoms in total. The molecular weight excluding hydrogens is 468 g/mol. The second-order valence-electron chi connectivity index (χ2n) is 5.15. The van der Waals surface area contributed by atoms with Crippen LogP contribution in [-0.2, 0) is 24.2 Å². The van der Waals surface area contributed by atoms with Crippen molar-refractivity contribution in [2.75, 3.05) is 12.5 Å². The molecule has 2 aliphatic heterocycles. The first-order chi connectivity index (χ1) is 9.88. The highest BCUT2D eigenvalue weighted by Gasteiger charge is 2.73. The Labute approximate surface area is 155 Å². The number of nitrogens with zero attached hydrogens (tertiary/aromatic N) is 1. The summed E-state index contributed by atoms with van der Waals surface area (Å²) in [5.74, 6) is -1.89. The van der Waals surface area contributed by atoms with E-state index in [0.29, 0.717) is 0 Å². The molecule has 0 bridgehead atoms. The molecule has 2 heterocycles. The fourth-order valence-corrected chi connectivity index (χ4v) is 6.79. The quantitative estimate of drug-likeness (QED) is 0.350. The van der Waals surface area contributed by atoms with Crippen molar-refractivity contribution >= 4 is 84.0 Å². The third-order valence-electron chi connectivity index (χ3n) is 3.71. The van der Waals surface area contributed by atoms with Gasteiger partial charge in [0.1, 0.15) is 16.2 Å². The van der Waals surface area contributed by atoms with Gasteiger partial charge < -0.3 is 9.64 Å².